The molecule has 0 atom stereocenters. The van der Waals surface area contributed by atoms with Crippen molar-refractivity contribution in [2.75, 3.05) is 18.5 Å². The Morgan fingerprint density at radius 2 is 1.52 bits per heavy atom. The molecule has 6 nitrogen and oxygen atoms in total. The maximum atomic E-state index is 12.5. The highest BCUT2D eigenvalue weighted by Crippen LogP contribution is 2.36. The Balaban J connectivity index is 2.26. The summed E-state index contributed by atoms with van der Waals surface area (Å²) in [6.45, 7) is 4.60. The van der Waals surface area contributed by atoms with Crippen LogP contribution in [-0.2, 0) is 0 Å². The zero-order valence-electron chi connectivity index (χ0n) is 13.8. The van der Waals surface area contributed by atoms with E-state index in [-0.39, 0.29) is 11.5 Å². The van der Waals surface area contributed by atoms with E-state index in [1.807, 2.05) is 13.8 Å². The van der Waals surface area contributed by atoms with E-state index in [9.17, 15) is 9.59 Å². The Labute approximate surface area is 153 Å². The third-order valence-corrected chi connectivity index (χ3v) is 4.04. The van der Waals surface area contributed by atoms with Crippen molar-refractivity contribution in [3.8, 4) is 11.5 Å². The average Bonchev–Trinajstić information content (AvgIpc) is 2.59. The van der Waals surface area contributed by atoms with Crippen molar-refractivity contribution in [1.29, 1.82) is 0 Å². The summed E-state index contributed by atoms with van der Waals surface area (Å²) in [5.41, 5.74) is 1.02. The number of rotatable bonds is 7. The van der Waals surface area contributed by atoms with E-state index >= 15 is 0 Å². The summed E-state index contributed by atoms with van der Waals surface area (Å²) >= 11 is 3.42. The lowest BCUT2D eigenvalue weighted by Crippen LogP contribution is -2.13. The second-order valence-electron chi connectivity index (χ2n) is 4.99. The van der Waals surface area contributed by atoms with Crippen molar-refractivity contribution < 1.29 is 24.2 Å². The zero-order valence-corrected chi connectivity index (χ0v) is 15.4. The van der Waals surface area contributed by atoms with E-state index in [0.29, 0.717) is 40.4 Å². The first-order valence-corrected chi connectivity index (χ1v) is 8.49. The molecular formula is C18H18BrNO5. The summed E-state index contributed by atoms with van der Waals surface area (Å²) in [5.74, 6) is -0.342. The molecule has 0 bridgehead atoms. The number of carbonyl (C=O) groups is 2. The third kappa shape index (κ3) is 4.73. The van der Waals surface area contributed by atoms with E-state index < -0.39 is 5.97 Å². The third-order valence-electron chi connectivity index (χ3n) is 3.26. The molecule has 2 aromatic carbocycles. The molecule has 0 heterocycles. The van der Waals surface area contributed by atoms with Crippen LogP contribution in [0.2, 0.25) is 0 Å². The highest BCUT2D eigenvalue weighted by molar-refractivity contribution is 9.10. The number of carboxylic acids is 1. The quantitative estimate of drug-likeness (QED) is 0.718. The molecule has 132 valence electrons. The van der Waals surface area contributed by atoms with Gasteiger partial charge in [-0.3, -0.25) is 4.79 Å². The fourth-order valence-corrected chi connectivity index (χ4v) is 2.58. The van der Waals surface area contributed by atoms with Crippen LogP contribution in [0.1, 0.15) is 34.6 Å². The maximum Gasteiger partial charge on any atom is 0.335 e. The van der Waals surface area contributed by atoms with Gasteiger partial charge in [-0.05, 0) is 66.2 Å². The lowest BCUT2D eigenvalue weighted by atomic mass is 10.1. The van der Waals surface area contributed by atoms with Crippen LogP contribution in [0, 0.1) is 0 Å². The highest BCUT2D eigenvalue weighted by Gasteiger charge is 2.16. The molecule has 2 rings (SSSR count). The minimum absolute atomic E-state index is 0.152. The molecule has 0 radical (unpaired) electrons. The van der Waals surface area contributed by atoms with Crippen LogP contribution in [0.5, 0.6) is 11.5 Å². The normalized spacial score (nSPS) is 10.2. The number of nitrogens with one attached hydrogen (secondary N) is 1. The highest BCUT2D eigenvalue weighted by atomic mass is 79.9. The number of carbonyl (C=O) groups excluding carboxylic acids is 1. The van der Waals surface area contributed by atoms with Crippen molar-refractivity contribution >= 4 is 33.5 Å². The molecule has 0 spiro atoms. The molecule has 0 aliphatic heterocycles. The van der Waals surface area contributed by atoms with Crippen LogP contribution in [0.4, 0.5) is 5.69 Å². The van der Waals surface area contributed by atoms with Crippen LogP contribution >= 0.6 is 15.9 Å². The van der Waals surface area contributed by atoms with Crippen LogP contribution in [0.25, 0.3) is 0 Å². The summed E-state index contributed by atoms with van der Waals surface area (Å²) in [6.07, 6.45) is 0. The van der Waals surface area contributed by atoms with Gasteiger partial charge in [-0.1, -0.05) is 0 Å². The van der Waals surface area contributed by atoms with Crippen molar-refractivity contribution in [3.63, 3.8) is 0 Å². The van der Waals surface area contributed by atoms with E-state index in [1.165, 1.54) is 24.3 Å². The summed E-state index contributed by atoms with van der Waals surface area (Å²) in [5, 5.41) is 11.6. The van der Waals surface area contributed by atoms with E-state index in [0.717, 1.165) is 0 Å². The first kappa shape index (κ1) is 18.8. The summed E-state index contributed by atoms with van der Waals surface area (Å²) in [4.78, 5) is 23.4. The number of ether oxygens (including phenoxy) is 2. The number of aromatic carboxylic acids is 1. The predicted octanol–water partition coefficient (Wildman–Crippen LogP) is 4.20. The number of halogens is 1. The first-order chi connectivity index (χ1) is 12.0. The van der Waals surface area contributed by atoms with Crippen LogP contribution < -0.4 is 14.8 Å². The van der Waals surface area contributed by atoms with Gasteiger partial charge in [0, 0.05) is 11.3 Å². The molecule has 2 aromatic rings. The summed E-state index contributed by atoms with van der Waals surface area (Å²) in [7, 11) is 0. The van der Waals surface area contributed by atoms with Crippen molar-refractivity contribution in [1.82, 2.24) is 0 Å². The molecule has 0 fully saturated rings. The van der Waals surface area contributed by atoms with Gasteiger partial charge in [0.1, 0.15) is 16.0 Å². The number of hydrogen-bond donors (Lipinski definition) is 2. The molecule has 0 unspecified atom stereocenters. The van der Waals surface area contributed by atoms with Gasteiger partial charge in [0.05, 0.1) is 18.8 Å². The number of hydrogen-bond acceptors (Lipinski definition) is 4. The van der Waals surface area contributed by atoms with Crippen molar-refractivity contribution in [3.05, 3.63) is 52.0 Å². The molecule has 0 saturated heterocycles. The molecule has 2 N–H and O–H groups in total. The van der Waals surface area contributed by atoms with Gasteiger partial charge in [-0.15, -0.1) is 0 Å². The Bertz CT molecular complexity index is 747. The predicted molar refractivity (Wildman–Crippen MR) is 97.8 cm³/mol. The molecular weight excluding hydrogens is 390 g/mol. The SMILES string of the molecule is CCOc1cc(C(=O)Nc2ccc(C(=O)O)cc2)cc(OCC)c1Br. The summed E-state index contributed by atoms with van der Waals surface area (Å²) < 4.78 is 11.7. The number of anilines is 1. The van der Waals surface area contributed by atoms with E-state index in [1.54, 1.807) is 12.1 Å². The zero-order chi connectivity index (χ0) is 18.4. The molecule has 25 heavy (non-hydrogen) atoms. The number of carboxylic acid groups (broad SMARTS) is 1. The van der Waals surface area contributed by atoms with Crippen LogP contribution in [-0.4, -0.2) is 30.2 Å². The Kier molecular flexibility index (Phi) is 6.41. The number of amides is 1. The lowest BCUT2D eigenvalue weighted by molar-refractivity contribution is 0.0696. The minimum Gasteiger partial charge on any atom is -0.493 e. The Morgan fingerprint density at radius 1 is 1.00 bits per heavy atom. The van der Waals surface area contributed by atoms with Gasteiger partial charge in [0.2, 0.25) is 0 Å². The molecule has 1 amide bonds. The van der Waals surface area contributed by atoms with E-state index in [4.69, 9.17) is 14.6 Å². The Hall–Kier alpha value is -2.54. The second kappa shape index (κ2) is 8.53. The monoisotopic (exact) mass is 407 g/mol. The van der Waals surface area contributed by atoms with Crippen LogP contribution in [0.3, 0.4) is 0 Å². The van der Waals surface area contributed by atoms with E-state index in [2.05, 4.69) is 21.2 Å². The van der Waals surface area contributed by atoms with Crippen molar-refractivity contribution in [2.24, 2.45) is 0 Å². The number of benzene rings is 2. The molecule has 7 heteroatoms. The summed E-state index contributed by atoms with van der Waals surface area (Å²) in [6, 6.07) is 9.17. The molecule has 0 aliphatic carbocycles. The largest absolute Gasteiger partial charge is 0.493 e. The smallest absolute Gasteiger partial charge is 0.335 e. The van der Waals surface area contributed by atoms with Crippen LogP contribution in [0.15, 0.2) is 40.9 Å². The standard InChI is InChI=1S/C18H18BrNO5/c1-3-24-14-9-12(10-15(16(14)19)25-4-2)17(21)20-13-7-5-11(6-8-13)18(22)23/h5-10H,3-4H2,1-2H3,(H,20,21)(H,22,23). The van der Waals surface area contributed by atoms with Gasteiger partial charge in [0.25, 0.3) is 5.91 Å². The Morgan fingerprint density at radius 3 is 1.96 bits per heavy atom. The maximum absolute atomic E-state index is 12.5. The first-order valence-electron chi connectivity index (χ1n) is 7.70. The average molecular weight is 408 g/mol. The fourth-order valence-electron chi connectivity index (χ4n) is 2.12. The molecule has 0 aliphatic rings. The molecule has 0 saturated carbocycles. The van der Waals surface area contributed by atoms with Gasteiger partial charge in [0.15, 0.2) is 0 Å². The van der Waals surface area contributed by atoms with Gasteiger partial charge < -0.3 is 19.9 Å². The molecule has 0 aromatic heterocycles. The second-order valence-corrected chi connectivity index (χ2v) is 5.78. The lowest BCUT2D eigenvalue weighted by Gasteiger charge is -2.14. The van der Waals surface area contributed by atoms with Crippen molar-refractivity contribution in [2.45, 2.75) is 13.8 Å². The fraction of sp³-hybridized carbons (Fsp3) is 0.222. The van der Waals surface area contributed by atoms with Gasteiger partial charge >= 0.3 is 5.97 Å². The topological polar surface area (TPSA) is 84.9 Å². The minimum atomic E-state index is -1.02. The van der Waals surface area contributed by atoms with Gasteiger partial charge in [-0.25, -0.2) is 4.79 Å². The van der Waals surface area contributed by atoms with Gasteiger partial charge in [-0.2, -0.15) is 0 Å².